The Balaban J connectivity index is 0.000000195. The SMILES string of the molecule is C[CH]=[Zr]([Cl])[Cl].Cc1cc2ccc(C(C)(C)C)cc2[cH-]1.Cc1cc2ccc(C(C)(C)C)cc2[cH-]1. The van der Waals surface area contributed by atoms with Crippen LogP contribution in [-0.4, -0.2) is 3.71 Å². The average molecular weight is 561 g/mol. The molecule has 0 saturated heterocycles. The monoisotopic (exact) mass is 558 g/mol. The van der Waals surface area contributed by atoms with Crippen molar-refractivity contribution in [1.82, 2.24) is 0 Å². The van der Waals surface area contributed by atoms with E-state index in [0.717, 1.165) is 0 Å². The second-order valence-corrected chi connectivity index (χ2v) is 19.6. The standard InChI is InChI=1S/2C14H17.C2H4.2ClH.Zr/c2*1-10-7-11-5-6-13(14(2,3)4)9-12(11)8-10;1-2;;;/h2*5-9H,1-4H3;1H,2H3;2*1H;/q2*-1;;;;+2/p-2. The Hall–Kier alpha value is -1.01. The number of fused-ring (bicyclic) bond motifs is 2. The van der Waals surface area contributed by atoms with Crippen molar-refractivity contribution in [2.24, 2.45) is 0 Å². The maximum atomic E-state index is 5.37. The summed E-state index contributed by atoms with van der Waals surface area (Å²) in [7, 11) is 10.7. The number of hydrogen-bond acceptors (Lipinski definition) is 0. The molecule has 0 fully saturated rings. The fourth-order valence-corrected chi connectivity index (χ4v) is 3.66. The van der Waals surface area contributed by atoms with E-state index in [4.69, 9.17) is 17.0 Å². The average Bonchev–Trinajstić information content (AvgIpc) is 3.26. The van der Waals surface area contributed by atoms with Gasteiger partial charge < -0.3 is 0 Å². The van der Waals surface area contributed by atoms with Crippen LogP contribution < -0.4 is 0 Å². The Morgan fingerprint density at radius 2 is 1.00 bits per heavy atom. The normalized spacial score (nSPS) is 11.5. The number of rotatable bonds is 0. The Morgan fingerprint density at radius 3 is 1.27 bits per heavy atom. The topological polar surface area (TPSA) is 0 Å². The first-order valence-electron chi connectivity index (χ1n) is 11.5. The fourth-order valence-electron chi connectivity index (χ4n) is 3.66. The van der Waals surface area contributed by atoms with E-state index in [0.29, 0.717) is 0 Å². The van der Waals surface area contributed by atoms with Crippen LogP contribution in [0.3, 0.4) is 0 Å². The molecule has 0 radical (unpaired) electrons. The van der Waals surface area contributed by atoms with E-state index in [2.05, 4.69) is 116 Å². The minimum absolute atomic E-state index is 0.249. The van der Waals surface area contributed by atoms with Crippen LogP contribution in [0, 0.1) is 13.8 Å². The molecule has 0 unspecified atom stereocenters. The Morgan fingerprint density at radius 1 is 0.667 bits per heavy atom. The van der Waals surface area contributed by atoms with Crippen LogP contribution in [0.25, 0.3) is 21.5 Å². The molecule has 0 aliphatic carbocycles. The summed E-state index contributed by atoms with van der Waals surface area (Å²) in [6.07, 6.45) is 0. The summed E-state index contributed by atoms with van der Waals surface area (Å²) >= 11 is -1.76. The van der Waals surface area contributed by atoms with Crippen LogP contribution in [0.4, 0.5) is 0 Å². The molecule has 33 heavy (non-hydrogen) atoms. The largest absolute Gasteiger partial charge is 0.165 e. The van der Waals surface area contributed by atoms with Crippen LogP contribution in [0.15, 0.2) is 60.7 Å². The van der Waals surface area contributed by atoms with Crippen molar-refractivity contribution in [3.8, 4) is 0 Å². The molecule has 4 rings (SSSR count). The maximum Gasteiger partial charge on any atom is -0.0218 e. The molecule has 0 spiro atoms. The summed E-state index contributed by atoms with van der Waals surface area (Å²) in [6, 6.07) is 22.5. The fraction of sp³-hybridized carbons (Fsp3) is 0.367. The van der Waals surface area contributed by atoms with E-state index in [-0.39, 0.29) is 10.8 Å². The molecule has 0 nitrogen and oxygen atoms in total. The molecule has 0 aliphatic heterocycles. The van der Waals surface area contributed by atoms with Crippen molar-refractivity contribution in [2.75, 3.05) is 0 Å². The van der Waals surface area contributed by atoms with Gasteiger partial charge in [-0.2, -0.15) is 12.1 Å². The summed E-state index contributed by atoms with van der Waals surface area (Å²) in [6.45, 7) is 19.7. The molecule has 0 N–H and O–H groups in total. The molecule has 0 saturated carbocycles. The third-order valence-corrected chi connectivity index (χ3v) is 9.31. The van der Waals surface area contributed by atoms with Gasteiger partial charge in [0.05, 0.1) is 0 Å². The summed E-state index contributed by atoms with van der Waals surface area (Å²) in [5, 5.41) is 5.45. The van der Waals surface area contributed by atoms with Gasteiger partial charge in [-0.15, -0.1) is 69.1 Å². The van der Waals surface area contributed by atoms with Gasteiger partial charge in [-0.05, 0) is 10.8 Å². The van der Waals surface area contributed by atoms with Crippen LogP contribution in [0.5, 0.6) is 0 Å². The van der Waals surface area contributed by atoms with Crippen LogP contribution in [-0.2, 0) is 29.7 Å². The van der Waals surface area contributed by atoms with E-state index in [1.165, 1.54) is 43.8 Å². The Bertz CT molecular complexity index is 1130. The quantitative estimate of drug-likeness (QED) is 0.188. The molecule has 4 aromatic carbocycles. The van der Waals surface area contributed by atoms with Crippen molar-refractivity contribution in [2.45, 2.75) is 73.1 Å². The maximum absolute atomic E-state index is 5.37. The predicted molar refractivity (Wildman–Crippen MR) is 149 cm³/mol. The molecular weight excluding hydrogens is 522 g/mol. The Kier molecular flexibility index (Phi) is 9.94. The van der Waals surface area contributed by atoms with E-state index < -0.39 is 18.9 Å². The third kappa shape index (κ3) is 8.61. The number of benzene rings is 2. The van der Waals surface area contributed by atoms with Crippen molar-refractivity contribution in [1.29, 1.82) is 0 Å². The van der Waals surface area contributed by atoms with Crippen molar-refractivity contribution < 1.29 is 18.9 Å². The van der Waals surface area contributed by atoms with Gasteiger partial charge in [0.15, 0.2) is 0 Å². The molecule has 0 heterocycles. The summed E-state index contributed by atoms with van der Waals surface area (Å²) in [5.74, 6) is 0. The van der Waals surface area contributed by atoms with E-state index in [1.807, 2.05) is 10.6 Å². The minimum atomic E-state index is -1.76. The zero-order valence-electron chi connectivity index (χ0n) is 21.6. The first kappa shape index (κ1) is 28.2. The number of halogens is 2. The molecule has 0 atom stereocenters. The van der Waals surface area contributed by atoms with Crippen LogP contribution >= 0.6 is 17.0 Å². The van der Waals surface area contributed by atoms with Crippen molar-refractivity contribution in [3.05, 3.63) is 82.9 Å². The van der Waals surface area contributed by atoms with Gasteiger partial charge in [-0.1, -0.05) is 78.6 Å². The first-order chi connectivity index (χ1) is 15.2. The summed E-state index contributed by atoms with van der Waals surface area (Å²) < 4.78 is 1.89. The number of aryl methyl sites for hydroxylation is 2. The second-order valence-electron chi connectivity index (χ2n) is 10.8. The van der Waals surface area contributed by atoms with Gasteiger partial charge in [-0.25, -0.2) is 0 Å². The zero-order chi connectivity index (χ0) is 25.0. The third-order valence-electron chi connectivity index (χ3n) is 5.66. The number of hydrogen-bond donors (Lipinski definition) is 0. The predicted octanol–water partition coefficient (Wildman–Crippen LogP) is 10.1. The van der Waals surface area contributed by atoms with Crippen molar-refractivity contribution >= 4 is 42.3 Å². The molecule has 178 valence electrons. The zero-order valence-corrected chi connectivity index (χ0v) is 25.6. The van der Waals surface area contributed by atoms with Gasteiger partial charge in [0.25, 0.3) is 0 Å². The van der Waals surface area contributed by atoms with Gasteiger partial charge in [0, 0.05) is 0 Å². The molecule has 0 bridgehead atoms. The molecule has 0 aliphatic rings. The summed E-state index contributed by atoms with van der Waals surface area (Å²) in [5.41, 5.74) is 6.03. The van der Waals surface area contributed by atoms with Crippen LogP contribution in [0.1, 0.15) is 70.7 Å². The molecule has 0 aromatic heterocycles. The van der Waals surface area contributed by atoms with E-state index >= 15 is 0 Å². The smallest absolute Gasteiger partial charge is 0.0218 e. The van der Waals surface area contributed by atoms with Gasteiger partial charge in [0.1, 0.15) is 0 Å². The second kappa shape index (κ2) is 11.6. The summed E-state index contributed by atoms with van der Waals surface area (Å²) in [4.78, 5) is 0. The molecule has 0 amide bonds. The van der Waals surface area contributed by atoms with E-state index in [9.17, 15) is 0 Å². The van der Waals surface area contributed by atoms with Crippen LogP contribution in [0.2, 0.25) is 0 Å². The van der Waals surface area contributed by atoms with E-state index in [1.54, 1.807) is 0 Å². The minimum Gasteiger partial charge on any atom is -0.165 e. The molecule has 3 heteroatoms. The Labute approximate surface area is 215 Å². The van der Waals surface area contributed by atoms with Crippen molar-refractivity contribution in [3.63, 3.8) is 0 Å². The molecular formula is C30H38Cl2Zr-2. The van der Waals surface area contributed by atoms with Gasteiger partial charge in [-0.3, -0.25) is 0 Å². The van der Waals surface area contributed by atoms with Gasteiger partial charge >= 0.3 is 46.5 Å². The molecule has 4 aromatic rings. The first-order valence-corrected chi connectivity index (χ1v) is 19.3. The van der Waals surface area contributed by atoms with Gasteiger partial charge in [0.2, 0.25) is 0 Å².